The van der Waals surface area contributed by atoms with Gasteiger partial charge in [-0.1, -0.05) is 36.2 Å². The van der Waals surface area contributed by atoms with Crippen molar-refractivity contribution in [3.8, 4) is 5.75 Å². The van der Waals surface area contributed by atoms with Crippen LogP contribution in [0.4, 0.5) is 24.8 Å². The molecule has 1 aliphatic heterocycles. The maximum absolute atomic E-state index is 12.6. The molecule has 17 heteroatoms. The fraction of sp³-hybridized carbons (Fsp3) is 0.371. The van der Waals surface area contributed by atoms with Crippen LogP contribution in [0.25, 0.3) is 0 Å². The number of hydrogen-bond donors (Lipinski definition) is 2. The first-order valence-electron chi connectivity index (χ1n) is 16.5. The van der Waals surface area contributed by atoms with Crippen LogP contribution in [0.3, 0.4) is 0 Å². The number of pyridine rings is 2. The van der Waals surface area contributed by atoms with Gasteiger partial charge < -0.3 is 9.47 Å². The number of alkyl halides is 3. The standard InChI is InChI=1S/C20H16ClF3N2O3S.C15H23N3O3S/c1-13-5-10-17(11-18(13)21)30(27,28)26-19-4-2-3-15(25-19)12-29-16-8-6-14(7-9-16)20(22,23)24;19-22(20,18-9-2-1-3-10-18)17-15-6-4-5-14(16-15)12-21-11-13-7-8-13/h2-11H,12H2,1H3,(H,25,26);4-6,13H,1-3,7-12H2,(H,16,17). The van der Waals surface area contributed by atoms with E-state index in [1.165, 1.54) is 47.5 Å². The molecule has 0 spiro atoms. The predicted molar refractivity (Wildman–Crippen MR) is 192 cm³/mol. The lowest BCUT2D eigenvalue weighted by Crippen LogP contribution is -2.39. The molecule has 1 saturated heterocycles. The normalized spacial score (nSPS) is 15.3. The van der Waals surface area contributed by atoms with Gasteiger partial charge in [-0.15, -0.1) is 0 Å². The van der Waals surface area contributed by atoms with Crippen molar-refractivity contribution in [1.82, 2.24) is 14.3 Å². The van der Waals surface area contributed by atoms with Crippen LogP contribution in [0.15, 0.2) is 83.8 Å². The van der Waals surface area contributed by atoms with Crippen molar-refractivity contribution in [3.63, 3.8) is 0 Å². The molecule has 0 bridgehead atoms. The zero-order chi connectivity index (χ0) is 37.4. The predicted octanol–water partition coefficient (Wildman–Crippen LogP) is 7.59. The number of aromatic nitrogens is 2. The number of anilines is 2. The molecule has 0 atom stereocenters. The van der Waals surface area contributed by atoms with Gasteiger partial charge in [0.15, 0.2) is 0 Å². The number of rotatable bonds is 13. The summed E-state index contributed by atoms with van der Waals surface area (Å²) in [5, 5.41) is 0.324. The molecule has 2 N–H and O–H groups in total. The third-order valence-corrected chi connectivity index (χ3v) is 11.3. The summed E-state index contributed by atoms with van der Waals surface area (Å²) < 4.78 is 105. The van der Waals surface area contributed by atoms with E-state index in [9.17, 15) is 30.0 Å². The molecule has 2 aromatic carbocycles. The van der Waals surface area contributed by atoms with Crippen molar-refractivity contribution in [2.75, 3.05) is 29.1 Å². The lowest BCUT2D eigenvalue weighted by molar-refractivity contribution is -0.137. The summed E-state index contributed by atoms with van der Waals surface area (Å²) >= 11 is 6.00. The van der Waals surface area contributed by atoms with Gasteiger partial charge in [-0.2, -0.15) is 25.9 Å². The van der Waals surface area contributed by atoms with E-state index in [2.05, 4.69) is 19.4 Å². The van der Waals surface area contributed by atoms with E-state index in [-0.39, 0.29) is 23.1 Å². The summed E-state index contributed by atoms with van der Waals surface area (Å²) in [5.74, 6) is 1.36. The summed E-state index contributed by atoms with van der Waals surface area (Å²) in [6.45, 7) is 4.06. The van der Waals surface area contributed by atoms with Crippen LogP contribution < -0.4 is 14.2 Å². The van der Waals surface area contributed by atoms with E-state index in [0.29, 0.717) is 42.1 Å². The van der Waals surface area contributed by atoms with E-state index >= 15 is 0 Å². The lowest BCUT2D eigenvalue weighted by Gasteiger charge is -2.25. The van der Waals surface area contributed by atoms with Gasteiger partial charge in [0.2, 0.25) is 0 Å². The molecule has 280 valence electrons. The SMILES string of the molecule is Cc1ccc(S(=O)(=O)Nc2cccc(COc3ccc(C(F)(F)F)cc3)n2)cc1Cl.O=S(=O)(Nc1cccc(COCC2CC2)n1)N1CCCCC1. The molecule has 2 aliphatic rings. The second-order valence-electron chi connectivity index (χ2n) is 12.4. The van der Waals surface area contributed by atoms with Crippen molar-refractivity contribution >= 4 is 43.5 Å². The second kappa shape index (κ2) is 17.2. The van der Waals surface area contributed by atoms with Crippen LogP contribution >= 0.6 is 11.6 Å². The molecular formula is C35H39ClF3N5O6S2. The molecule has 52 heavy (non-hydrogen) atoms. The Bertz CT molecular complexity index is 2030. The van der Waals surface area contributed by atoms with E-state index < -0.39 is 32.0 Å². The minimum Gasteiger partial charge on any atom is -0.487 e. The molecule has 4 aromatic rings. The summed E-state index contributed by atoms with van der Waals surface area (Å²) in [5.41, 5.74) is 1.10. The highest BCUT2D eigenvalue weighted by Crippen LogP contribution is 2.31. The highest BCUT2D eigenvalue weighted by Gasteiger charge is 2.30. The monoisotopic (exact) mass is 781 g/mol. The highest BCUT2D eigenvalue weighted by molar-refractivity contribution is 7.92. The Labute approximate surface area is 306 Å². The largest absolute Gasteiger partial charge is 0.487 e. The zero-order valence-corrected chi connectivity index (χ0v) is 30.7. The van der Waals surface area contributed by atoms with Crippen LogP contribution in [0, 0.1) is 12.8 Å². The Kier molecular flexibility index (Phi) is 13.0. The van der Waals surface area contributed by atoms with Crippen molar-refractivity contribution in [3.05, 3.63) is 106 Å². The molecule has 0 unspecified atom stereocenters. The smallest absolute Gasteiger partial charge is 0.416 e. The molecule has 0 radical (unpaired) electrons. The van der Waals surface area contributed by atoms with Gasteiger partial charge in [0, 0.05) is 24.7 Å². The van der Waals surface area contributed by atoms with Gasteiger partial charge in [0.25, 0.3) is 10.0 Å². The van der Waals surface area contributed by atoms with Crippen LogP contribution in [0.5, 0.6) is 5.75 Å². The fourth-order valence-electron chi connectivity index (χ4n) is 4.99. The summed E-state index contributed by atoms with van der Waals surface area (Å²) in [6.07, 6.45) is 1.02. The summed E-state index contributed by atoms with van der Waals surface area (Å²) in [6, 6.07) is 18.6. The number of ether oxygens (including phenoxy) is 2. The van der Waals surface area contributed by atoms with Crippen LogP contribution in [-0.2, 0) is 44.4 Å². The quantitative estimate of drug-likeness (QED) is 0.142. The van der Waals surface area contributed by atoms with Gasteiger partial charge in [-0.25, -0.2) is 18.4 Å². The first kappa shape index (κ1) is 39.3. The van der Waals surface area contributed by atoms with Gasteiger partial charge >= 0.3 is 16.4 Å². The number of nitrogens with one attached hydrogen (secondary N) is 2. The van der Waals surface area contributed by atoms with E-state index in [1.807, 2.05) is 6.07 Å². The third kappa shape index (κ3) is 11.8. The van der Waals surface area contributed by atoms with Gasteiger partial charge in [-0.3, -0.25) is 9.44 Å². The van der Waals surface area contributed by atoms with Crippen molar-refractivity contribution in [2.45, 2.75) is 63.3 Å². The van der Waals surface area contributed by atoms with Gasteiger partial charge in [0.1, 0.15) is 24.0 Å². The molecule has 2 aromatic heterocycles. The maximum Gasteiger partial charge on any atom is 0.416 e. The summed E-state index contributed by atoms with van der Waals surface area (Å²) in [7, 11) is -7.40. The Balaban J connectivity index is 0.000000210. The Morgan fingerprint density at radius 2 is 1.44 bits per heavy atom. The fourth-order valence-corrected chi connectivity index (χ4v) is 7.50. The van der Waals surface area contributed by atoms with Gasteiger partial charge in [0.05, 0.1) is 28.5 Å². The average Bonchev–Trinajstić information content (AvgIpc) is 3.94. The molecule has 1 aliphatic carbocycles. The number of piperidine rings is 1. The van der Waals surface area contributed by atoms with Crippen LogP contribution in [0.1, 0.15) is 54.6 Å². The first-order valence-corrected chi connectivity index (χ1v) is 19.8. The Morgan fingerprint density at radius 1 is 0.827 bits per heavy atom. The molecule has 0 amide bonds. The average molecular weight is 782 g/mol. The Hall–Kier alpha value is -3.96. The number of sulfonamides is 1. The number of nitrogens with zero attached hydrogens (tertiary/aromatic N) is 3. The zero-order valence-electron chi connectivity index (χ0n) is 28.3. The number of hydrogen-bond acceptors (Lipinski definition) is 8. The lowest BCUT2D eigenvalue weighted by atomic mass is 10.2. The topological polar surface area (TPSA) is 140 Å². The van der Waals surface area contributed by atoms with E-state index in [0.717, 1.165) is 49.3 Å². The molecule has 11 nitrogen and oxygen atoms in total. The highest BCUT2D eigenvalue weighted by atomic mass is 35.5. The van der Waals surface area contributed by atoms with Crippen molar-refractivity contribution < 1.29 is 39.5 Å². The first-order chi connectivity index (χ1) is 24.7. The van der Waals surface area contributed by atoms with Crippen molar-refractivity contribution in [1.29, 1.82) is 0 Å². The minimum atomic E-state index is -4.42. The second-order valence-corrected chi connectivity index (χ2v) is 16.1. The van der Waals surface area contributed by atoms with Crippen LogP contribution in [0.2, 0.25) is 5.02 Å². The third-order valence-electron chi connectivity index (χ3n) is 8.06. The molecule has 3 heterocycles. The van der Waals surface area contributed by atoms with E-state index in [1.54, 1.807) is 37.3 Å². The van der Waals surface area contributed by atoms with Gasteiger partial charge in [-0.05, 0) is 105 Å². The maximum atomic E-state index is 12.6. The molecule has 1 saturated carbocycles. The summed E-state index contributed by atoms with van der Waals surface area (Å²) in [4.78, 5) is 8.49. The Morgan fingerprint density at radius 3 is 2.04 bits per heavy atom. The van der Waals surface area contributed by atoms with Crippen LogP contribution in [-0.4, -0.2) is 50.8 Å². The molecule has 6 rings (SSSR count). The molecule has 2 fully saturated rings. The van der Waals surface area contributed by atoms with Crippen molar-refractivity contribution in [2.24, 2.45) is 5.92 Å². The molecular weight excluding hydrogens is 743 g/mol. The number of halogens is 4. The number of aryl methyl sites for hydroxylation is 1. The number of benzene rings is 2. The van der Waals surface area contributed by atoms with E-state index in [4.69, 9.17) is 21.1 Å². The minimum absolute atomic E-state index is 0.00805.